The summed E-state index contributed by atoms with van der Waals surface area (Å²) in [5.74, 6) is -0.536. The average Bonchev–Trinajstić information content (AvgIpc) is 3.20. The number of esters is 1. The van der Waals surface area contributed by atoms with Crippen molar-refractivity contribution >= 4 is 39.9 Å². The van der Waals surface area contributed by atoms with E-state index >= 15 is 0 Å². The molecule has 6 heteroatoms. The third-order valence-corrected chi connectivity index (χ3v) is 5.13. The second-order valence-electron chi connectivity index (χ2n) is 5.96. The zero-order chi connectivity index (χ0) is 19.0. The van der Waals surface area contributed by atoms with Crippen LogP contribution in [0, 0.1) is 6.92 Å². The Bertz CT molecular complexity index is 1190. The lowest BCUT2D eigenvalue weighted by molar-refractivity contribution is 0.0736. The van der Waals surface area contributed by atoms with Gasteiger partial charge < -0.3 is 9.15 Å². The van der Waals surface area contributed by atoms with E-state index in [2.05, 4.69) is 0 Å². The molecular weight excluding hydrogens is 384 g/mol. The van der Waals surface area contributed by atoms with Gasteiger partial charge in [-0.05, 0) is 54.8 Å². The van der Waals surface area contributed by atoms with Gasteiger partial charge in [-0.25, -0.2) is 4.79 Å². The normalized spacial score (nSPS) is 10.9. The number of benzene rings is 2. The van der Waals surface area contributed by atoms with Gasteiger partial charge in [0.2, 0.25) is 11.2 Å². The second-order valence-corrected chi connectivity index (χ2v) is 7.35. The first-order valence-corrected chi connectivity index (χ1v) is 9.38. The topological polar surface area (TPSA) is 56.5 Å². The Hall–Kier alpha value is -2.89. The molecule has 0 spiro atoms. The Balaban J connectivity index is 1.94. The van der Waals surface area contributed by atoms with E-state index in [0.29, 0.717) is 26.4 Å². The summed E-state index contributed by atoms with van der Waals surface area (Å²) in [4.78, 5) is 25.9. The third kappa shape index (κ3) is 3.39. The minimum absolute atomic E-state index is 0.131. The van der Waals surface area contributed by atoms with Crippen LogP contribution >= 0.6 is 22.9 Å². The van der Waals surface area contributed by atoms with Crippen molar-refractivity contribution < 1.29 is 13.9 Å². The number of ether oxygens (including phenoxy) is 1. The van der Waals surface area contributed by atoms with Crippen LogP contribution < -0.4 is 10.2 Å². The van der Waals surface area contributed by atoms with Crippen molar-refractivity contribution in [3.8, 4) is 17.1 Å². The van der Waals surface area contributed by atoms with Crippen LogP contribution in [0.15, 0.2) is 69.2 Å². The lowest BCUT2D eigenvalue weighted by Crippen LogP contribution is -2.15. The molecule has 0 amide bonds. The van der Waals surface area contributed by atoms with E-state index in [1.807, 2.05) is 13.0 Å². The maximum atomic E-state index is 13.1. The first kappa shape index (κ1) is 17.5. The molecule has 0 aliphatic heterocycles. The molecule has 2 aromatic carbocycles. The summed E-state index contributed by atoms with van der Waals surface area (Å²) in [6.45, 7) is 1.88. The molecule has 0 aliphatic rings. The molecule has 0 bridgehead atoms. The highest BCUT2D eigenvalue weighted by Crippen LogP contribution is 2.32. The predicted molar refractivity (Wildman–Crippen MR) is 107 cm³/mol. The van der Waals surface area contributed by atoms with Crippen LogP contribution in [-0.4, -0.2) is 5.97 Å². The number of fused-ring (bicyclic) bond motifs is 1. The van der Waals surface area contributed by atoms with Gasteiger partial charge in [0, 0.05) is 10.6 Å². The zero-order valence-electron chi connectivity index (χ0n) is 14.2. The fraction of sp³-hybridized carbons (Fsp3) is 0.0476. The molecule has 0 unspecified atom stereocenters. The molecule has 4 nitrogen and oxygen atoms in total. The van der Waals surface area contributed by atoms with E-state index in [4.69, 9.17) is 20.8 Å². The van der Waals surface area contributed by atoms with Gasteiger partial charge in [-0.2, -0.15) is 0 Å². The molecule has 0 saturated heterocycles. The molecule has 134 valence electrons. The van der Waals surface area contributed by atoms with Crippen LogP contribution in [0.1, 0.15) is 15.2 Å². The van der Waals surface area contributed by atoms with Crippen molar-refractivity contribution in [3.63, 3.8) is 0 Å². The molecule has 2 aromatic heterocycles. The smallest absolute Gasteiger partial charge is 0.353 e. The van der Waals surface area contributed by atoms with Crippen LogP contribution in [-0.2, 0) is 0 Å². The Labute approximate surface area is 163 Å². The van der Waals surface area contributed by atoms with E-state index in [-0.39, 0.29) is 11.5 Å². The highest BCUT2D eigenvalue weighted by Gasteiger charge is 2.21. The van der Waals surface area contributed by atoms with Gasteiger partial charge in [0.15, 0.2) is 5.76 Å². The number of halogens is 1. The van der Waals surface area contributed by atoms with Crippen LogP contribution in [0.5, 0.6) is 5.75 Å². The van der Waals surface area contributed by atoms with Crippen molar-refractivity contribution in [1.82, 2.24) is 0 Å². The molecule has 0 N–H and O–H groups in total. The van der Waals surface area contributed by atoms with Crippen molar-refractivity contribution in [1.29, 1.82) is 0 Å². The summed E-state index contributed by atoms with van der Waals surface area (Å²) in [5, 5.41) is 2.68. The van der Waals surface area contributed by atoms with Crippen molar-refractivity contribution in [2.75, 3.05) is 0 Å². The summed E-state index contributed by atoms with van der Waals surface area (Å²) in [5.41, 5.74) is 1.53. The molecule has 0 radical (unpaired) electrons. The predicted octanol–water partition coefficient (Wildman–Crippen LogP) is 5.70. The number of hydrogen-bond donors (Lipinski definition) is 0. The molecule has 27 heavy (non-hydrogen) atoms. The van der Waals surface area contributed by atoms with Gasteiger partial charge in [0.1, 0.15) is 10.5 Å². The summed E-state index contributed by atoms with van der Waals surface area (Å²) in [7, 11) is 0. The molecule has 4 aromatic rings. The second kappa shape index (κ2) is 7.02. The van der Waals surface area contributed by atoms with Gasteiger partial charge in [-0.3, -0.25) is 4.79 Å². The summed E-state index contributed by atoms with van der Waals surface area (Å²) < 4.78 is 11.4. The molecule has 0 aliphatic carbocycles. The Kier molecular flexibility index (Phi) is 4.56. The number of rotatable bonds is 3. The first-order chi connectivity index (χ1) is 13.0. The van der Waals surface area contributed by atoms with Crippen LogP contribution in [0.3, 0.4) is 0 Å². The van der Waals surface area contributed by atoms with Gasteiger partial charge in [-0.1, -0.05) is 29.3 Å². The fourth-order valence-electron chi connectivity index (χ4n) is 2.71. The Morgan fingerprint density at radius 3 is 2.59 bits per heavy atom. The van der Waals surface area contributed by atoms with Gasteiger partial charge >= 0.3 is 5.97 Å². The number of hydrogen-bond acceptors (Lipinski definition) is 5. The van der Waals surface area contributed by atoms with Gasteiger partial charge in [0.05, 0.1) is 5.39 Å². The van der Waals surface area contributed by atoms with E-state index in [9.17, 15) is 9.59 Å². The monoisotopic (exact) mass is 396 g/mol. The average molecular weight is 397 g/mol. The third-order valence-electron chi connectivity index (χ3n) is 4.03. The molecule has 4 rings (SSSR count). The largest absolute Gasteiger partial charge is 0.452 e. The zero-order valence-corrected chi connectivity index (χ0v) is 15.8. The number of carbonyl (C=O) groups is 1. The van der Waals surface area contributed by atoms with Crippen molar-refractivity contribution in [3.05, 3.63) is 85.7 Å². The van der Waals surface area contributed by atoms with Gasteiger partial charge in [-0.15, -0.1) is 11.3 Å². The van der Waals surface area contributed by atoms with Crippen LogP contribution in [0.2, 0.25) is 5.02 Å². The Morgan fingerprint density at radius 1 is 1.11 bits per heavy atom. The number of aryl methyl sites for hydroxylation is 1. The Morgan fingerprint density at radius 2 is 1.89 bits per heavy atom. The molecule has 0 atom stereocenters. The summed E-state index contributed by atoms with van der Waals surface area (Å²) in [6, 6.07) is 15.5. The van der Waals surface area contributed by atoms with E-state index in [1.54, 1.807) is 53.9 Å². The minimum Gasteiger partial charge on any atom is -0.452 e. The summed E-state index contributed by atoms with van der Waals surface area (Å²) in [6.07, 6.45) is 0. The minimum atomic E-state index is -0.598. The maximum absolute atomic E-state index is 13.1. The maximum Gasteiger partial charge on any atom is 0.353 e. The molecule has 0 fully saturated rings. The first-order valence-electron chi connectivity index (χ1n) is 8.12. The lowest BCUT2D eigenvalue weighted by atomic mass is 10.1. The SMILES string of the molecule is Cc1ccc2oc(-c3ccc(Cl)cc3)c(OC(=O)c3cccs3)c(=O)c2c1. The highest BCUT2D eigenvalue weighted by atomic mass is 35.5. The van der Waals surface area contributed by atoms with Crippen LogP contribution in [0.25, 0.3) is 22.3 Å². The van der Waals surface area contributed by atoms with Crippen LogP contribution in [0.4, 0.5) is 0 Å². The van der Waals surface area contributed by atoms with E-state index < -0.39 is 11.4 Å². The van der Waals surface area contributed by atoms with E-state index in [0.717, 1.165) is 5.56 Å². The fourth-order valence-corrected chi connectivity index (χ4v) is 3.44. The van der Waals surface area contributed by atoms with E-state index in [1.165, 1.54) is 11.3 Å². The van der Waals surface area contributed by atoms with Gasteiger partial charge in [0.25, 0.3) is 0 Å². The molecule has 2 heterocycles. The summed E-state index contributed by atoms with van der Waals surface area (Å²) >= 11 is 7.20. The molecule has 0 saturated carbocycles. The lowest BCUT2D eigenvalue weighted by Gasteiger charge is -2.10. The quantitative estimate of drug-likeness (QED) is 0.416. The molecular formula is C21H13ClO4S. The van der Waals surface area contributed by atoms with Crippen molar-refractivity contribution in [2.45, 2.75) is 6.92 Å². The number of carbonyl (C=O) groups excluding carboxylic acids is 1. The number of thiophene rings is 1. The van der Waals surface area contributed by atoms with Crippen molar-refractivity contribution in [2.24, 2.45) is 0 Å². The standard InChI is InChI=1S/C21H13ClO4S/c1-12-4-9-16-15(11-12)18(23)20(26-21(24)17-3-2-10-27-17)19(25-16)13-5-7-14(22)8-6-13/h2-11H,1H3. The highest BCUT2D eigenvalue weighted by molar-refractivity contribution is 7.12.